The molecule has 2 aliphatic rings. The summed E-state index contributed by atoms with van der Waals surface area (Å²) in [6.45, 7) is 5.40. The summed E-state index contributed by atoms with van der Waals surface area (Å²) in [6.07, 6.45) is 2.40. The van der Waals surface area contributed by atoms with Crippen molar-refractivity contribution in [2.45, 2.75) is 24.8 Å². The van der Waals surface area contributed by atoms with Crippen LogP contribution in [0, 0.1) is 0 Å². The van der Waals surface area contributed by atoms with Gasteiger partial charge in [-0.25, -0.2) is 9.97 Å². The highest BCUT2D eigenvalue weighted by atomic mass is 32.1. The van der Waals surface area contributed by atoms with Crippen LogP contribution in [0.4, 0.5) is 5.82 Å². The Kier molecular flexibility index (Phi) is 6.04. The molecule has 6 rings (SSSR count). The zero-order chi connectivity index (χ0) is 22.9. The number of nitrogens with zero attached hydrogens (tertiary/aromatic N) is 4. The molecule has 1 atom stereocenters. The van der Waals surface area contributed by atoms with Crippen LogP contribution in [0.25, 0.3) is 21.3 Å². The van der Waals surface area contributed by atoms with Crippen LogP contribution in [0.15, 0.2) is 66.0 Å². The lowest BCUT2D eigenvalue weighted by Gasteiger charge is -2.35. The number of benzene rings is 2. The van der Waals surface area contributed by atoms with Gasteiger partial charge in [0.1, 0.15) is 16.5 Å². The number of thiophene rings is 1. The van der Waals surface area contributed by atoms with Crippen LogP contribution in [0.3, 0.4) is 0 Å². The van der Waals surface area contributed by atoms with Crippen molar-refractivity contribution in [1.29, 1.82) is 0 Å². The van der Waals surface area contributed by atoms with E-state index in [0.29, 0.717) is 5.92 Å². The first-order chi connectivity index (χ1) is 16.7. The van der Waals surface area contributed by atoms with Crippen LogP contribution in [-0.4, -0.2) is 59.5 Å². The molecule has 0 spiro atoms. The fourth-order valence-electron chi connectivity index (χ4n) is 4.79. The first kappa shape index (κ1) is 21.7. The molecule has 5 nitrogen and oxygen atoms in total. The van der Waals surface area contributed by atoms with Gasteiger partial charge in [-0.05, 0) is 31.0 Å². The summed E-state index contributed by atoms with van der Waals surface area (Å²) in [5.41, 5.74) is 3.74. The van der Waals surface area contributed by atoms with E-state index >= 15 is 0 Å². The normalized spacial score (nSPS) is 18.3. The van der Waals surface area contributed by atoms with E-state index in [4.69, 9.17) is 9.97 Å². The fraction of sp³-hybridized carbons (Fsp3) is 0.357. The van der Waals surface area contributed by atoms with E-state index < -0.39 is 0 Å². The number of rotatable bonds is 7. The summed E-state index contributed by atoms with van der Waals surface area (Å²) >= 11 is 1.73. The van der Waals surface area contributed by atoms with Crippen molar-refractivity contribution in [2.75, 3.05) is 45.1 Å². The maximum Gasteiger partial charge on any atom is 0.139 e. The van der Waals surface area contributed by atoms with E-state index in [9.17, 15) is 0 Å². The lowest BCUT2D eigenvalue weighted by Crippen LogP contribution is -2.46. The van der Waals surface area contributed by atoms with Crippen LogP contribution in [-0.2, 0) is 0 Å². The molecule has 1 aliphatic heterocycles. The van der Waals surface area contributed by atoms with Crippen LogP contribution in [0.2, 0.25) is 0 Å². The highest BCUT2D eigenvalue weighted by molar-refractivity contribution is 7.17. The maximum absolute atomic E-state index is 5.15. The van der Waals surface area contributed by atoms with Crippen LogP contribution >= 0.6 is 11.3 Å². The Balaban J connectivity index is 1.40. The summed E-state index contributed by atoms with van der Waals surface area (Å²) in [7, 11) is 2.21. The number of piperazine rings is 1. The van der Waals surface area contributed by atoms with Gasteiger partial charge >= 0.3 is 0 Å². The Morgan fingerprint density at radius 1 is 0.941 bits per heavy atom. The molecule has 34 heavy (non-hydrogen) atoms. The Labute approximate surface area is 205 Å². The van der Waals surface area contributed by atoms with Crippen molar-refractivity contribution >= 4 is 27.4 Å². The zero-order valence-electron chi connectivity index (χ0n) is 19.7. The predicted octanol–water partition coefficient (Wildman–Crippen LogP) is 5.64. The third-order valence-electron chi connectivity index (χ3n) is 7.03. The topological polar surface area (TPSA) is 44.3 Å². The number of fused-ring (bicyclic) bond motifs is 1. The quantitative estimate of drug-likeness (QED) is 0.380. The predicted molar refractivity (Wildman–Crippen MR) is 142 cm³/mol. The van der Waals surface area contributed by atoms with Gasteiger partial charge in [0.2, 0.25) is 0 Å². The Morgan fingerprint density at radius 2 is 1.65 bits per heavy atom. The largest absolute Gasteiger partial charge is 0.361 e. The molecule has 2 aromatic heterocycles. The second-order valence-corrected chi connectivity index (χ2v) is 10.5. The van der Waals surface area contributed by atoms with Crippen LogP contribution < -0.4 is 5.32 Å². The summed E-state index contributed by atoms with van der Waals surface area (Å²) in [5.74, 6) is 2.50. The second-order valence-electron chi connectivity index (χ2n) is 9.61. The summed E-state index contributed by atoms with van der Waals surface area (Å²) in [4.78, 5) is 16.2. The first-order valence-electron chi connectivity index (χ1n) is 12.3. The molecule has 1 unspecified atom stereocenters. The Bertz CT molecular complexity index is 1240. The molecule has 0 bridgehead atoms. The average Bonchev–Trinajstić information content (AvgIpc) is 3.65. The van der Waals surface area contributed by atoms with Crippen molar-refractivity contribution in [3.8, 4) is 11.1 Å². The average molecular weight is 470 g/mol. The minimum atomic E-state index is 0.165. The van der Waals surface area contributed by atoms with Crippen molar-refractivity contribution in [1.82, 2.24) is 19.8 Å². The van der Waals surface area contributed by atoms with Crippen LogP contribution in [0.5, 0.6) is 0 Å². The number of hydrogen-bond acceptors (Lipinski definition) is 6. The van der Waals surface area contributed by atoms with E-state index in [2.05, 4.69) is 88.2 Å². The van der Waals surface area contributed by atoms with Crippen molar-refractivity contribution < 1.29 is 0 Å². The lowest BCUT2D eigenvalue weighted by molar-refractivity contribution is 0.149. The molecular weight excluding hydrogens is 438 g/mol. The van der Waals surface area contributed by atoms with Gasteiger partial charge in [-0.15, -0.1) is 11.3 Å². The van der Waals surface area contributed by atoms with E-state index in [1.165, 1.54) is 29.5 Å². The number of aromatic nitrogens is 2. The molecule has 2 fully saturated rings. The number of anilines is 1. The van der Waals surface area contributed by atoms with Crippen molar-refractivity contribution in [3.63, 3.8) is 0 Å². The minimum Gasteiger partial charge on any atom is -0.361 e. The van der Waals surface area contributed by atoms with E-state index in [1.807, 2.05) is 0 Å². The van der Waals surface area contributed by atoms with E-state index in [0.717, 1.165) is 54.6 Å². The van der Waals surface area contributed by atoms with Gasteiger partial charge in [-0.3, -0.25) is 4.90 Å². The molecule has 6 heteroatoms. The Morgan fingerprint density at radius 3 is 2.35 bits per heavy atom. The van der Waals surface area contributed by atoms with Gasteiger partial charge in [0, 0.05) is 49.6 Å². The standard InChI is InChI=1S/C28H31N5S/c1-32-14-16-33(17-15-32)18-24(21-10-6-3-7-11-21)29-27-25-23(20-8-4-2-5-9-20)19-34-28(25)31-26(30-27)22-12-13-22/h2-11,19,22,24H,12-18H2,1H3,(H,29,30,31). The van der Waals surface area contributed by atoms with Gasteiger partial charge in [-0.1, -0.05) is 60.7 Å². The van der Waals surface area contributed by atoms with Crippen LogP contribution in [0.1, 0.15) is 36.2 Å². The second kappa shape index (κ2) is 9.45. The van der Waals surface area contributed by atoms with Gasteiger partial charge < -0.3 is 10.2 Å². The number of likely N-dealkylation sites (N-methyl/N-ethyl adjacent to an activating group) is 1. The molecule has 1 saturated carbocycles. The molecule has 174 valence electrons. The monoisotopic (exact) mass is 469 g/mol. The fourth-order valence-corrected chi connectivity index (χ4v) is 5.74. The number of hydrogen-bond donors (Lipinski definition) is 1. The summed E-state index contributed by atoms with van der Waals surface area (Å²) in [5, 5.41) is 7.31. The summed E-state index contributed by atoms with van der Waals surface area (Å²) in [6, 6.07) is 21.6. The number of nitrogens with one attached hydrogen (secondary N) is 1. The first-order valence-corrected chi connectivity index (χ1v) is 13.2. The molecule has 1 aliphatic carbocycles. The maximum atomic E-state index is 5.15. The van der Waals surface area contributed by atoms with Gasteiger partial charge in [0.05, 0.1) is 11.4 Å². The van der Waals surface area contributed by atoms with Crippen molar-refractivity contribution in [2.24, 2.45) is 0 Å². The molecule has 0 amide bonds. The highest BCUT2D eigenvalue weighted by Gasteiger charge is 2.29. The smallest absolute Gasteiger partial charge is 0.139 e. The lowest BCUT2D eigenvalue weighted by atomic mass is 10.0. The third-order valence-corrected chi connectivity index (χ3v) is 7.90. The molecule has 2 aromatic carbocycles. The summed E-state index contributed by atoms with van der Waals surface area (Å²) < 4.78 is 0. The molecule has 4 aromatic rings. The minimum absolute atomic E-state index is 0.165. The molecule has 3 heterocycles. The molecule has 1 saturated heterocycles. The Hall–Kier alpha value is -2.80. The van der Waals surface area contributed by atoms with E-state index in [-0.39, 0.29) is 6.04 Å². The van der Waals surface area contributed by atoms with Crippen molar-refractivity contribution in [3.05, 3.63) is 77.4 Å². The molecular formula is C28H31N5S. The zero-order valence-corrected chi connectivity index (χ0v) is 20.5. The highest BCUT2D eigenvalue weighted by Crippen LogP contribution is 2.43. The third kappa shape index (κ3) is 4.58. The van der Waals surface area contributed by atoms with Gasteiger partial charge in [0.25, 0.3) is 0 Å². The van der Waals surface area contributed by atoms with Gasteiger partial charge in [0.15, 0.2) is 0 Å². The molecule has 0 radical (unpaired) electrons. The molecule has 1 N–H and O–H groups in total. The SMILES string of the molecule is CN1CCN(CC(Nc2nc(C3CC3)nc3scc(-c4ccccc4)c23)c2ccccc2)CC1. The van der Waals surface area contributed by atoms with E-state index in [1.54, 1.807) is 11.3 Å². The van der Waals surface area contributed by atoms with Gasteiger partial charge in [-0.2, -0.15) is 0 Å².